The van der Waals surface area contributed by atoms with Gasteiger partial charge in [-0.3, -0.25) is 4.79 Å². The molecule has 0 saturated heterocycles. The molecule has 154 valence electrons. The lowest BCUT2D eigenvalue weighted by molar-refractivity contribution is -0.136. The molecule has 2 aromatic carbocycles. The maximum Gasteiger partial charge on any atom is 0.303 e. The summed E-state index contributed by atoms with van der Waals surface area (Å²) in [7, 11) is -4.07. The van der Waals surface area contributed by atoms with Gasteiger partial charge >= 0.3 is 5.97 Å². The maximum atomic E-state index is 13.5. The Morgan fingerprint density at radius 2 is 1.93 bits per heavy atom. The van der Waals surface area contributed by atoms with Crippen molar-refractivity contribution >= 4 is 49.8 Å². The van der Waals surface area contributed by atoms with Crippen molar-refractivity contribution in [2.75, 3.05) is 0 Å². The number of carbonyl (C=O) groups is 1. The molecule has 9 heteroatoms. The third-order valence-corrected chi connectivity index (χ3v) is 7.41. The third-order valence-electron chi connectivity index (χ3n) is 4.76. The Hall–Kier alpha value is -2.68. The molecule has 0 amide bonds. The van der Waals surface area contributed by atoms with E-state index in [2.05, 4.69) is 0 Å². The molecule has 30 heavy (non-hydrogen) atoms. The molecule has 2 heterocycles. The summed E-state index contributed by atoms with van der Waals surface area (Å²) < 4.78 is 41.1. The summed E-state index contributed by atoms with van der Waals surface area (Å²) in [5.74, 6) is -1.69. The van der Waals surface area contributed by atoms with Crippen LogP contribution in [0.3, 0.4) is 0 Å². The van der Waals surface area contributed by atoms with Crippen molar-refractivity contribution in [3.05, 3.63) is 75.8 Å². The predicted molar refractivity (Wildman–Crippen MR) is 115 cm³/mol. The van der Waals surface area contributed by atoms with E-state index in [0.717, 1.165) is 33.3 Å². The molecule has 0 atom stereocenters. The summed E-state index contributed by atoms with van der Waals surface area (Å²) in [6.45, 7) is 0. The zero-order chi connectivity index (χ0) is 21.5. The number of aromatic nitrogens is 1. The van der Waals surface area contributed by atoms with Crippen molar-refractivity contribution in [2.24, 2.45) is 0 Å². The zero-order valence-corrected chi connectivity index (χ0v) is 17.8. The summed E-state index contributed by atoms with van der Waals surface area (Å²) >= 11 is 7.33. The van der Waals surface area contributed by atoms with Crippen molar-refractivity contribution < 1.29 is 22.7 Å². The van der Waals surface area contributed by atoms with Crippen molar-refractivity contribution in [1.29, 1.82) is 0 Å². The first-order valence-electron chi connectivity index (χ1n) is 8.86. The first kappa shape index (κ1) is 20.6. The van der Waals surface area contributed by atoms with Gasteiger partial charge in [-0.2, -0.15) is 11.3 Å². The molecule has 0 saturated carbocycles. The summed E-state index contributed by atoms with van der Waals surface area (Å²) in [6.07, 6.45) is 1.47. The number of thiophene rings is 1. The van der Waals surface area contributed by atoms with E-state index in [4.69, 9.17) is 16.7 Å². The van der Waals surface area contributed by atoms with Gasteiger partial charge in [0.15, 0.2) is 0 Å². The number of hydrogen-bond acceptors (Lipinski definition) is 4. The molecule has 5 nitrogen and oxygen atoms in total. The van der Waals surface area contributed by atoms with Crippen LogP contribution in [-0.2, 0) is 21.2 Å². The minimum Gasteiger partial charge on any atom is -0.481 e. The number of aliphatic carboxylic acids is 1. The minimum atomic E-state index is -4.07. The second-order valence-corrected chi connectivity index (χ2v) is 9.67. The van der Waals surface area contributed by atoms with E-state index < -0.39 is 21.8 Å². The molecule has 2 aromatic heterocycles. The van der Waals surface area contributed by atoms with E-state index in [9.17, 15) is 17.6 Å². The van der Waals surface area contributed by atoms with Crippen molar-refractivity contribution in [3.63, 3.8) is 0 Å². The normalized spacial score (nSPS) is 11.8. The fourth-order valence-electron chi connectivity index (χ4n) is 3.26. The topological polar surface area (TPSA) is 76.4 Å². The lowest BCUT2D eigenvalue weighted by atomic mass is 10.0. The van der Waals surface area contributed by atoms with E-state index >= 15 is 0 Å². The maximum absolute atomic E-state index is 13.5. The van der Waals surface area contributed by atoms with Gasteiger partial charge in [-0.1, -0.05) is 17.7 Å². The van der Waals surface area contributed by atoms with E-state index in [1.54, 1.807) is 17.4 Å². The van der Waals surface area contributed by atoms with Gasteiger partial charge in [0.1, 0.15) is 5.82 Å². The van der Waals surface area contributed by atoms with Gasteiger partial charge in [0.05, 0.1) is 15.4 Å². The average molecular weight is 464 g/mol. The second-order valence-electron chi connectivity index (χ2n) is 6.67. The largest absolute Gasteiger partial charge is 0.481 e. The Morgan fingerprint density at radius 3 is 2.60 bits per heavy atom. The van der Waals surface area contributed by atoms with Crippen LogP contribution in [0.5, 0.6) is 0 Å². The minimum absolute atomic E-state index is 0.135. The highest BCUT2D eigenvalue weighted by Gasteiger charge is 2.23. The second kappa shape index (κ2) is 7.86. The van der Waals surface area contributed by atoms with Gasteiger partial charge in [-0.25, -0.2) is 16.8 Å². The highest BCUT2D eigenvalue weighted by Crippen LogP contribution is 2.32. The van der Waals surface area contributed by atoms with Gasteiger partial charge in [-0.15, -0.1) is 0 Å². The fraction of sp³-hybridized carbons (Fsp3) is 0.0952. The summed E-state index contributed by atoms with van der Waals surface area (Å²) in [4.78, 5) is 10.9. The number of fused-ring (bicyclic) bond motifs is 1. The summed E-state index contributed by atoms with van der Waals surface area (Å²) in [6, 6.07) is 10.5. The van der Waals surface area contributed by atoms with E-state index in [1.165, 1.54) is 6.20 Å². The van der Waals surface area contributed by atoms with Crippen molar-refractivity contribution in [1.82, 2.24) is 3.97 Å². The SMILES string of the molecule is O=C(O)CCc1cn(S(=O)(=O)c2ccc(F)c(Cl)c2)c2ccc(-c3ccsc3)cc12. The van der Waals surface area contributed by atoms with Crippen LogP contribution in [0.4, 0.5) is 4.39 Å². The molecule has 0 aliphatic heterocycles. The summed E-state index contributed by atoms with van der Waals surface area (Å²) in [5.41, 5.74) is 2.91. The Balaban J connectivity index is 1.90. The van der Waals surface area contributed by atoms with Crippen LogP contribution in [0, 0.1) is 5.82 Å². The lowest BCUT2D eigenvalue weighted by Gasteiger charge is -2.09. The number of carboxylic acid groups (broad SMARTS) is 1. The van der Waals surface area contributed by atoms with Crippen LogP contribution in [0.15, 0.2) is 64.3 Å². The van der Waals surface area contributed by atoms with E-state index in [0.29, 0.717) is 16.5 Å². The quantitative estimate of drug-likeness (QED) is 0.414. The fourth-order valence-corrected chi connectivity index (χ4v) is 5.59. The number of carboxylic acids is 1. The molecule has 0 aliphatic carbocycles. The van der Waals surface area contributed by atoms with E-state index in [1.807, 2.05) is 29.0 Å². The Bertz CT molecular complexity index is 1360. The molecule has 0 fully saturated rings. The molecule has 0 spiro atoms. The summed E-state index contributed by atoms with van der Waals surface area (Å²) in [5, 5.41) is 13.4. The van der Waals surface area contributed by atoms with Crippen LogP contribution in [0.2, 0.25) is 5.02 Å². The first-order valence-corrected chi connectivity index (χ1v) is 11.6. The number of halogens is 2. The zero-order valence-electron chi connectivity index (χ0n) is 15.4. The molecule has 0 aliphatic rings. The Kier molecular flexibility index (Phi) is 5.40. The van der Waals surface area contributed by atoms with Crippen LogP contribution in [0.25, 0.3) is 22.0 Å². The molecular weight excluding hydrogens is 449 g/mol. The molecule has 4 aromatic rings. The average Bonchev–Trinajstić information content (AvgIpc) is 3.36. The van der Waals surface area contributed by atoms with Crippen LogP contribution >= 0.6 is 22.9 Å². The van der Waals surface area contributed by atoms with Gasteiger partial charge in [0.2, 0.25) is 0 Å². The third kappa shape index (κ3) is 3.74. The van der Waals surface area contributed by atoms with Gasteiger partial charge < -0.3 is 5.11 Å². The van der Waals surface area contributed by atoms with Gasteiger partial charge in [-0.05, 0) is 70.3 Å². The number of aryl methyl sites for hydroxylation is 1. The molecule has 1 N–H and O–H groups in total. The Labute approximate surface area is 181 Å². The van der Waals surface area contributed by atoms with Crippen molar-refractivity contribution in [3.8, 4) is 11.1 Å². The van der Waals surface area contributed by atoms with Gasteiger partial charge in [0.25, 0.3) is 10.0 Å². The van der Waals surface area contributed by atoms with Crippen LogP contribution in [0.1, 0.15) is 12.0 Å². The number of benzene rings is 2. The number of nitrogens with zero attached hydrogens (tertiary/aromatic N) is 1. The first-order chi connectivity index (χ1) is 14.3. The highest BCUT2D eigenvalue weighted by atomic mass is 35.5. The highest BCUT2D eigenvalue weighted by molar-refractivity contribution is 7.90. The van der Waals surface area contributed by atoms with Crippen LogP contribution in [-0.4, -0.2) is 23.5 Å². The smallest absolute Gasteiger partial charge is 0.303 e. The molecule has 0 unspecified atom stereocenters. The van der Waals surface area contributed by atoms with Crippen molar-refractivity contribution in [2.45, 2.75) is 17.7 Å². The molecule has 0 radical (unpaired) electrons. The molecule has 0 bridgehead atoms. The lowest BCUT2D eigenvalue weighted by Crippen LogP contribution is -2.12. The molecule has 4 rings (SSSR count). The standard InChI is InChI=1S/C21H15ClFNO4S2/c22-18-10-16(3-4-19(18)23)30(27,28)24-11-14(2-6-21(25)26)17-9-13(1-5-20(17)24)15-7-8-29-12-15/h1,3-5,7-12H,2,6H2,(H,25,26). The van der Waals surface area contributed by atoms with Crippen LogP contribution < -0.4 is 0 Å². The Morgan fingerprint density at radius 1 is 1.13 bits per heavy atom. The number of hydrogen-bond donors (Lipinski definition) is 1. The van der Waals surface area contributed by atoms with E-state index in [-0.39, 0.29) is 22.8 Å². The predicted octanol–water partition coefficient (Wildman–Crippen LogP) is 5.42. The molecular formula is C21H15ClFNO4S2. The monoisotopic (exact) mass is 463 g/mol. The number of rotatable bonds is 6. The van der Waals surface area contributed by atoms with Gasteiger partial charge in [0, 0.05) is 18.0 Å².